The Bertz CT molecular complexity index is 699. The predicted molar refractivity (Wildman–Crippen MR) is 102 cm³/mol. The Hall–Kier alpha value is -1.32. The fraction of sp³-hybridized carbons (Fsp3) is 0.316. The molecule has 0 saturated heterocycles. The molecule has 0 heterocycles. The number of carbonyl (C=O) groups is 1. The molecule has 0 aromatic heterocycles. The summed E-state index contributed by atoms with van der Waals surface area (Å²) in [5.74, 6) is 0.454. The second-order valence-electron chi connectivity index (χ2n) is 6.20. The lowest BCUT2D eigenvalue weighted by atomic mass is 9.92. The van der Waals surface area contributed by atoms with Crippen molar-refractivity contribution in [1.82, 2.24) is 0 Å². The number of benzene rings is 2. The van der Waals surface area contributed by atoms with E-state index in [1.54, 1.807) is 12.1 Å². The van der Waals surface area contributed by atoms with Crippen LogP contribution in [0.1, 0.15) is 61.0 Å². The van der Waals surface area contributed by atoms with Crippen LogP contribution in [0.25, 0.3) is 0 Å². The Morgan fingerprint density at radius 2 is 1.61 bits per heavy atom. The summed E-state index contributed by atoms with van der Waals surface area (Å²) in [6.45, 7) is 8.50. The van der Waals surface area contributed by atoms with E-state index >= 15 is 0 Å². The second kappa shape index (κ2) is 7.50. The van der Waals surface area contributed by atoms with Gasteiger partial charge in [-0.15, -0.1) is 0 Å². The normalized spacial score (nSPS) is 11.1. The number of halogens is 2. The van der Waals surface area contributed by atoms with Gasteiger partial charge in [0.05, 0.1) is 10.6 Å². The highest BCUT2D eigenvalue weighted by molar-refractivity contribution is 9.10. The lowest BCUT2D eigenvalue weighted by Crippen LogP contribution is -2.16. The third-order valence-electron chi connectivity index (χ3n) is 3.78. The summed E-state index contributed by atoms with van der Waals surface area (Å²) in [5, 5.41) is 3.53. The summed E-state index contributed by atoms with van der Waals surface area (Å²) in [7, 11) is 0. The molecule has 2 rings (SSSR count). The van der Waals surface area contributed by atoms with Crippen molar-refractivity contribution in [2.45, 2.75) is 39.5 Å². The van der Waals surface area contributed by atoms with E-state index in [1.165, 1.54) is 0 Å². The monoisotopic (exact) mass is 393 g/mol. The van der Waals surface area contributed by atoms with Crippen LogP contribution in [0, 0.1) is 0 Å². The van der Waals surface area contributed by atoms with Crippen molar-refractivity contribution in [2.75, 3.05) is 5.32 Å². The van der Waals surface area contributed by atoms with E-state index in [0.29, 0.717) is 22.4 Å². The van der Waals surface area contributed by atoms with Crippen molar-refractivity contribution in [1.29, 1.82) is 0 Å². The molecule has 0 aliphatic rings. The van der Waals surface area contributed by atoms with Crippen LogP contribution in [0.3, 0.4) is 0 Å². The maximum atomic E-state index is 12.7. The van der Waals surface area contributed by atoms with Crippen LogP contribution in [-0.2, 0) is 0 Å². The van der Waals surface area contributed by atoms with E-state index < -0.39 is 0 Å². The molecule has 2 aromatic carbocycles. The molecular weight excluding hydrogens is 374 g/mol. The van der Waals surface area contributed by atoms with Crippen LogP contribution < -0.4 is 5.32 Å². The third kappa shape index (κ3) is 4.15. The maximum absolute atomic E-state index is 12.7. The van der Waals surface area contributed by atoms with Crippen LogP contribution in [0.5, 0.6) is 0 Å². The molecule has 0 saturated carbocycles. The quantitative estimate of drug-likeness (QED) is 0.621. The van der Waals surface area contributed by atoms with Gasteiger partial charge in [-0.05, 0) is 41.2 Å². The Balaban J connectivity index is 2.46. The average molecular weight is 395 g/mol. The van der Waals surface area contributed by atoms with E-state index in [-0.39, 0.29) is 5.91 Å². The molecule has 0 aliphatic carbocycles. The lowest BCUT2D eigenvalue weighted by Gasteiger charge is -2.20. The number of nitrogens with one attached hydrogen (secondary N) is 1. The Kier molecular flexibility index (Phi) is 5.88. The van der Waals surface area contributed by atoms with Crippen molar-refractivity contribution >= 4 is 39.1 Å². The van der Waals surface area contributed by atoms with Crippen molar-refractivity contribution in [2.24, 2.45) is 0 Å². The number of rotatable bonds is 4. The molecule has 0 aliphatic heterocycles. The summed E-state index contributed by atoms with van der Waals surface area (Å²) < 4.78 is 0.827. The van der Waals surface area contributed by atoms with Gasteiger partial charge >= 0.3 is 0 Å². The van der Waals surface area contributed by atoms with E-state index in [4.69, 9.17) is 11.6 Å². The molecule has 1 amide bonds. The fourth-order valence-corrected chi connectivity index (χ4v) is 3.11. The highest BCUT2D eigenvalue weighted by Gasteiger charge is 2.18. The van der Waals surface area contributed by atoms with E-state index in [9.17, 15) is 4.79 Å². The molecule has 1 N–H and O–H groups in total. The number of anilines is 1. The lowest BCUT2D eigenvalue weighted by molar-refractivity contribution is 0.102. The van der Waals surface area contributed by atoms with Crippen molar-refractivity contribution < 1.29 is 4.79 Å². The Morgan fingerprint density at radius 3 is 2.13 bits per heavy atom. The highest BCUT2D eigenvalue weighted by Crippen LogP contribution is 2.33. The molecule has 0 unspecified atom stereocenters. The zero-order valence-corrected chi connectivity index (χ0v) is 16.1. The topological polar surface area (TPSA) is 29.1 Å². The Labute approximate surface area is 151 Å². The molecule has 0 radical (unpaired) electrons. The van der Waals surface area contributed by atoms with Crippen LogP contribution >= 0.6 is 27.5 Å². The molecule has 2 aromatic rings. The Morgan fingerprint density at radius 1 is 1.04 bits per heavy atom. The first-order valence-electron chi connectivity index (χ1n) is 7.70. The molecule has 4 heteroatoms. The van der Waals surface area contributed by atoms with Gasteiger partial charge in [0, 0.05) is 10.2 Å². The number of amides is 1. The smallest absolute Gasteiger partial charge is 0.257 e. The van der Waals surface area contributed by atoms with E-state index in [1.807, 2.05) is 12.1 Å². The number of hydrogen-bond donors (Lipinski definition) is 1. The SMILES string of the molecule is CC(C)c1cccc(C(C)C)c1NC(=O)c1cc(Br)ccc1Cl. The highest BCUT2D eigenvalue weighted by atomic mass is 79.9. The van der Waals surface area contributed by atoms with E-state index in [0.717, 1.165) is 21.3 Å². The molecule has 2 nitrogen and oxygen atoms in total. The summed E-state index contributed by atoms with van der Waals surface area (Å²) >= 11 is 9.57. The summed E-state index contributed by atoms with van der Waals surface area (Å²) in [4.78, 5) is 12.7. The molecule has 0 atom stereocenters. The largest absolute Gasteiger partial charge is 0.321 e. The van der Waals surface area contributed by atoms with Crippen LogP contribution in [0.4, 0.5) is 5.69 Å². The molecule has 23 heavy (non-hydrogen) atoms. The predicted octanol–water partition coefficient (Wildman–Crippen LogP) is 6.60. The third-order valence-corrected chi connectivity index (χ3v) is 4.61. The minimum atomic E-state index is -0.189. The van der Waals surface area contributed by atoms with Gasteiger partial charge in [0.2, 0.25) is 0 Å². The molecule has 0 fully saturated rings. The first-order valence-corrected chi connectivity index (χ1v) is 8.87. The number of para-hydroxylation sites is 1. The van der Waals surface area contributed by atoms with Crippen molar-refractivity contribution in [3.05, 3.63) is 62.6 Å². The summed E-state index contributed by atoms with van der Waals surface area (Å²) in [5.41, 5.74) is 3.64. The first-order chi connectivity index (χ1) is 10.8. The zero-order chi connectivity index (χ0) is 17.1. The van der Waals surface area contributed by atoms with Gasteiger partial charge < -0.3 is 5.32 Å². The standard InChI is InChI=1S/C19H21BrClNO/c1-11(2)14-6-5-7-15(12(3)4)18(14)22-19(23)16-10-13(20)8-9-17(16)21/h5-12H,1-4H3,(H,22,23). The number of hydrogen-bond acceptors (Lipinski definition) is 1. The molecule has 122 valence electrons. The van der Waals surface area contributed by atoms with Gasteiger partial charge in [-0.25, -0.2) is 0 Å². The number of carbonyl (C=O) groups excluding carboxylic acids is 1. The van der Waals surface area contributed by atoms with Gasteiger partial charge in [0.15, 0.2) is 0 Å². The van der Waals surface area contributed by atoms with Gasteiger partial charge in [-0.1, -0.05) is 73.4 Å². The summed E-state index contributed by atoms with van der Waals surface area (Å²) in [6.07, 6.45) is 0. The van der Waals surface area contributed by atoms with Gasteiger partial charge in [0.25, 0.3) is 5.91 Å². The van der Waals surface area contributed by atoms with Crippen LogP contribution in [0.2, 0.25) is 5.02 Å². The minimum absolute atomic E-state index is 0.189. The molecular formula is C19H21BrClNO. The first kappa shape index (κ1) is 18.0. The van der Waals surface area contributed by atoms with Crippen molar-refractivity contribution in [3.63, 3.8) is 0 Å². The molecule has 0 spiro atoms. The van der Waals surface area contributed by atoms with Gasteiger partial charge in [-0.2, -0.15) is 0 Å². The van der Waals surface area contributed by atoms with Gasteiger partial charge in [0.1, 0.15) is 0 Å². The van der Waals surface area contributed by atoms with Gasteiger partial charge in [-0.3, -0.25) is 4.79 Å². The van der Waals surface area contributed by atoms with Crippen LogP contribution in [-0.4, -0.2) is 5.91 Å². The van der Waals surface area contributed by atoms with E-state index in [2.05, 4.69) is 61.1 Å². The second-order valence-corrected chi connectivity index (χ2v) is 7.52. The van der Waals surface area contributed by atoms with Crippen LogP contribution in [0.15, 0.2) is 40.9 Å². The molecule has 0 bridgehead atoms. The van der Waals surface area contributed by atoms with Crippen molar-refractivity contribution in [3.8, 4) is 0 Å². The maximum Gasteiger partial charge on any atom is 0.257 e. The zero-order valence-electron chi connectivity index (χ0n) is 13.8. The minimum Gasteiger partial charge on any atom is -0.321 e. The average Bonchev–Trinajstić information content (AvgIpc) is 2.49. The fourth-order valence-electron chi connectivity index (χ4n) is 2.55. The summed E-state index contributed by atoms with van der Waals surface area (Å²) in [6, 6.07) is 11.5.